The lowest BCUT2D eigenvalue weighted by molar-refractivity contribution is 0.0934. The van der Waals surface area contributed by atoms with Gasteiger partial charge in [-0.3, -0.25) is 4.79 Å². The molecule has 4 aromatic rings. The minimum atomic E-state index is -0.309. The fraction of sp³-hybridized carbons (Fsp3) is 0.259. The summed E-state index contributed by atoms with van der Waals surface area (Å²) in [5.41, 5.74) is 4.73. The van der Waals surface area contributed by atoms with Gasteiger partial charge in [-0.25, -0.2) is 4.98 Å². The third-order valence-corrected chi connectivity index (χ3v) is 5.55. The van der Waals surface area contributed by atoms with Gasteiger partial charge in [-0.05, 0) is 68.3 Å². The molecule has 0 aliphatic carbocycles. The van der Waals surface area contributed by atoms with Crippen LogP contribution in [0.25, 0.3) is 11.0 Å². The van der Waals surface area contributed by atoms with Gasteiger partial charge in [0, 0.05) is 0 Å². The number of nitrogens with one attached hydrogen (secondary N) is 1. The van der Waals surface area contributed by atoms with E-state index in [1.54, 1.807) is 19.2 Å². The van der Waals surface area contributed by atoms with Crippen LogP contribution in [0.5, 0.6) is 11.5 Å². The summed E-state index contributed by atoms with van der Waals surface area (Å²) in [6.07, 6.45) is 0. The van der Waals surface area contributed by atoms with Gasteiger partial charge in [0.1, 0.15) is 23.9 Å². The number of ether oxygens (including phenoxy) is 2. The third kappa shape index (κ3) is 5.00. The first-order valence-corrected chi connectivity index (χ1v) is 11.1. The second-order valence-electron chi connectivity index (χ2n) is 8.18. The summed E-state index contributed by atoms with van der Waals surface area (Å²) in [7, 11) is 1.56. The standard InChI is InChI=1S/C27H29N3O3/c1-18-15-19(2)17-21(16-18)33-14-13-30-24-11-7-6-10-23(24)29-26(30)20(3)28-27(31)22-9-5-8-12-25(22)32-4/h5-12,15-17,20H,13-14H2,1-4H3,(H,28,31). The fourth-order valence-corrected chi connectivity index (χ4v) is 4.10. The average molecular weight is 444 g/mol. The number of imidazole rings is 1. The van der Waals surface area contributed by atoms with Crippen molar-refractivity contribution in [2.75, 3.05) is 13.7 Å². The molecule has 0 radical (unpaired) electrons. The molecule has 1 aromatic heterocycles. The second-order valence-corrected chi connectivity index (χ2v) is 8.18. The number of carbonyl (C=O) groups is 1. The highest BCUT2D eigenvalue weighted by molar-refractivity contribution is 5.97. The molecule has 6 heteroatoms. The molecule has 0 fully saturated rings. The van der Waals surface area contributed by atoms with Crippen molar-refractivity contribution in [2.45, 2.75) is 33.4 Å². The van der Waals surface area contributed by atoms with E-state index in [4.69, 9.17) is 14.5 Å². The van der Waals surface area contributed by atoms with Gasteiger partial charge in [0.15, 0.2) is 0 Å². The maximum absolute atomic E-state index is 12.9. The topological polar surface area (TPSA) is 65.4 Å². The highest BCUT2D eigenvalue weighted by atomic mass is 16.5. The van der Waals surface area contributed by atoms with Crippen LogP contribution in [-0.4, -0.2) is 29.2 Å². The number of methoxy groups -OCH3 is 1. The predicted octanol–water partition coefficient (Wildman–Crippen LogP) is 5.23. The summed E-state index contributed by atoms with van der Waals surface area (Å²) < 4.78 is 13.5. The molecule has 0 aliphatic heterocycles. The molecule has 0 spiro atoms. The van der Waals surface area contributed by atoms with E-state index < -0.39 is 0 Å². The first-order chi connectivity index (χ1) is 16.0. The summed E-state index contributed by atoms with van der Waals surface area (Å²) in [6, 6.07) is 21.1. The molecule has 1 amide bonds. The number of aromatic nitrogens is 2. The summed E-state index contributed by atoms with van der Waals surface area (Å²) >= 11 is 0. The van der Waals surface area contributed by atoms with E-state index in [1.807, 2.05) is 55.5 Å². The Kier molecular flexibility index (Phi) is 6.63. The van der Waals surface area contributed by atoms with Crippen molar-refractivity contribution < 1.29 is 14.3 Å². The molecule has 3 aromatic carbocycles. The Bertz CT molecular complexity index is 1260. The first-order valence-electron chi connectivity index (χ1n) is 11.1. The Morgan fingerprint density at radius 1 is 1.03 bits per heavy atom. The number of carbonyl (C=O) groups excluding carboxylic acids is 1. The lowest BCUT2D eigenvalue weighted by Gasteiger charge is -2.17. The Labute approximate surface area is 194 Å². The zero-order chi connectivity index (χ0) is 23.4. The van der Waals surface area contributed by atoms with E-state index >= 15 is 0 Å². The van der Waals surface area contributed by atoms with E-state index in [0.717, 1.165) is 22.6 Å². The van der Waals surface area contributed by atoms with Crippen LogP contribution >= 0.6 is 0 Å². The SMILES string of the molecule is COc1ccccc1C(=O)NC(C)c1nc2ccccc2n1CCOc1cc(C)cc(C)c1. The largest absolute Gasteiger partial charge is 0.496 e. The summed E-state index contributed by atoms with van der Waals surface area (Å²) in [4.78, 5) is 17.8. The number of benzene rings is 3. The number of para-hydroxylation sites is 3. The highest BCUT2D eigenvalue weighted by Crippen LogP contribution is 2.23. The van der Waals surface area contributed by atoms with Crippen molar-refractivity contribution in [2.24, 2.45) is 0 Å². The van der Waals surface area contributed by atoms with Gasteiger partial charge in [0.2, 0.25) is 0 Å². The van der Waals surface area contributed by atoms with Crippen LogP contribution in [0.3, 0.4) is 0 Å². The van der Waals surface area contributed by atoms with Crippen LogP contribution in [0.2, 0.25) is 0 Å². The van der Waals surface area contributed by atoms with Gasteiger partial charge in [0.05, 0.1) is 36.3 Å². The van der Waals surface area contributed by atoms with E-state index in [-0.39, 0.29) is 11.9 Å². The molecule has 0 bridgehead atoms. The Morgan fingerprint density at radius 3 is 2.48 bits per heavy atom. The molecule has 6 nitrogen and oxygen atoms in total. The predicted molar refractivity (Wildman–Crippen MR) is 130 cm³/mol. The Hall–Kier alpha value is -3.80. The van der Waals surface area contributed by atoms with Crippen molar-refractivity contribution >= 4 is 16.9 Å². The number of fused-ring (bicyclic) bond motifs is 1. The maximum Gasteiger partial charge on any atom is 0.255 e. The van der Waals surface area contributed by atoms with Crippen LogP contribution in [-0.2, 0) is 6.54 Å². The molecule has 33 heavy (non-hydrogen) atoms. The molecule has 1 unspecified atom stereocenters. The molecule has 1 heterocycles. The van der Waals surface area contributed by atoms with Crippen molar-refractivity contribution in [1.29, 1.82) is 0 Å². The number of hydrogen-bond acceptors (Lipinski definition) is 4. The van der Waals surface area contributed by atoms with Crippen LogP contribution < -0.4 is 14.8 Å². The Balaban J connectivity index is 1.55. The summed E-state index contributed by atoms with van der Waals surface area (Å²) in [5.74, 6) is 1.97. The molecule has 0 saturated carbocycles. The lowest BCUT2D eigenvalue weighted by Crippen LogP contribution is -2.29. The van der Waals surface area contributed by atoms with Crippen LogP contribution in [0.1, 0.15) is 40.3 Å². The van der Waals surface area contributed by atoms with Gasteiger partial charge in [-0.2, -0.15) is 0 Å². The van der Waals surface area contributed by atoms with E-state index in [2.05, 4.69) is 29.8 Å². The van der Waals surface area contributed by atoms with Crippen LogP contribution in [0, 0.1) is 13.8 Å². The molecule has 1 N–H and O–H groups in total. The molecule has 1 atom stereocenters. The molecule has 0 saturated heterocycles. The second kappa shape index (κ2) is 9.77. The van der Waals surface area contributed by atoms with Crippen LogP contribution in [0.4, 0.5) is 0 Å². The Morgan fingerprint density at radius 2 is 1.73 bits per heavy atom. The zero-order valence-corrected chi connectivity index (χ0v) is 19.5. The summed E-state index contributed by atoms with van der Waals surface area (Å²) in [5, 5.41) is 3.07. The van der Waals surface area contributed by atoms with E-state index in [1.165, 1.54) is 11.1 Å². The number of nitrogens with zero attached hydrogens (tertiary/aromatic N) is 2. The minimum Gasteiger partial charge on any atom is -0.496 e. The van der Waals surface area contributed by atoms with Gasteiger partial charge in [-0.15, -0.1) is 0 Å². The fourth-order valence-electron chi connectivity index (χ4n) is 4.10. The first kappa shape index (κ1) is 22.4. The van der Waals surface area contributed by atoms with Gasteiger partial charge in [0.25, 0.3) is 5.91 Å². The summed E-state index contributed by atoms with van der Waals surface area (Å²) in [6.45, 7) is 7.16. The molecular weight excluding hydrogens is 414 g/mol. The minimum absolute atomic E-state index is 0.204. The maximum atomic E-state index is 12.9. The van der Waals surface area contributed by atoms with E-state index in [0.29, 0.717) is 24.5 Å². The molecule has 170 valence electrons. The van der Waals surface area contributed by atoms with Crippen molar-refractivity contribution in [3.63, 3.8) is 0 Å². The number of hydrogen-bond donors (Lipinski definition) is 1. The molecular formula is C27H29N3O3. The third-order valence-electron chi connectivity index (χ3n) is 5.55. The molecule has 0 aliphatic rings. The molecule has 4 rings (SSSR count). The average Bonchev–Trinajstić information content (AvgIpc) is 3.17. The van der Waals surface area contributed by atoms with E-state index in [9.17, 15) is 4.79 Å². The number of amides is 1. The monoisotopic (exact) mass is 443 g/mol. The van der Waals surface area contributed by atoms with Crippen molar-refractivity contribution in [1.82, 2.24) is 14.9 Å². The smallest absolute Gasteiger partial charge is 0.255 e. The number of aryl methyl sites for hydroxylation is 2. The number of rotatable bonds is 8. The van der Waals surface area contributed by atoms with Crippen molar-refractivity contribution in [3.05, 3.63) is 89.2 Å². The van der Waals surface area contributed by atoms with Crippen LogP contribution in [0.15, 0.2) is 66.7 Å². The quantitative estimate of drug-likeness (QED) is 0.405. The zero-order valence-electron chi connectivity index (χ0n) is 19.5. The van der Waals surface area contributed by atoms with Gasteiger partial charge < -0.3 is 19.4 Å². The lowest BCUT2D eigenvalue weighted by atomic mass is 10.1. The van der Waals surface area contributed by atoms with Gasteiger partial charge in [-0.1, -0.05) is 30.3 Å². The van der Waals surface area contributed by atoms with Crippen molar-refractivity contribution in [3.8, 4) is 11.5 Å². The highest BCUT2D eigenvalue weighted by Gasteiger charge is 2.20. The normalized spacial score (nSPS) is 11.9. The van der Waals surface area contributed by atoms with Gasteiger partial charge >= 0.3 is 0 Å².